The van der Waals surface area contributed by atoms with Crippen LogP contribution >= 0.6 is 11.6 Å². The van der Waals surface area contributed by atoms with E-state index in [4.69, 9.17) is 16.3 Å². The summed E-state index contributed by atoms with van der Waals surface area (Å²) in [5.74, 6) is 0.606. The fraction of sp³-hybridized carbons (Fsp3) is 0.545. The number of aromatic nitrogens is 1. The van der Waals surface area contributed by atoms with Gasteiger partial charge in [-0.15, -0.1) is 0 Å². The number of benzene rings is 1. The van der Waals surface area contributed by atoms with Gasteiger partial charge in [0.25, 0.3) is 0 Å². The first-order valence-electron chi connectivity index (χ1n) is 9.46. The second kappa shape index (κ2) is 7.56. The fourth-order valence-electron chi connectivity index (χ4n) is 3.86. The number of hydrogen-bond acceptors (Lipinski definition) is 3. The molecule has 2 aromatic rings. The number of nitrogens with zero attached hydrogens (tertiary/aromatic N) is 1. The lowest BCUT2D eigenvalue weighted by Gasteiger charge is -2.36. The molecule has 0 saturated heterocycles. The van der Waals surface area contributed by atoms with Crippen LogP contribution in [0.1, 0.15) is 57.6 Å². The number of carbonyl (C=O) groups is 1. The van der Waals surface area contributed by atoms with E-state index >= 15 is 0 Å². The Morgan fingerprint density at radius 1 is 1.19 bits per heavy atom. The number of ether oxygens (including phenoxy) is 1. The summed E-state index contributed by atoms with van der Waals surface area (Å²) in [7, 11) is 0. The Labute approximate surface area is 161 Å². The molecular weight excluding hydrogens is 346 g/mol. The van der Waals surface area contributed by atoms with Crippen molar-refractivity contribution in [2.45, 2.75) is 60.0 Å². The van der Waals surface area contributed by atoms with Crippen LogP contribution in [0.25, 0.3) is 10.9 Å². The molecular formula is C22H28ClNO2. The molecule has 4 heteroatoms. The van der Waals surface area contributed by atoms with E-state index in [9.17, 15) is 4.79 Å². The van der Waals surface area contributed by atoms with Crippen molar-refractivity contribution in [3.63, 3.8) is 0 Å². The number of fused-ring (bicyclic) bond motifs is 1. The van der Waals surface area contributed by atoms with Crippen molar-refractivity contribution in [3.8, 4) is 0 Å². The maximum absolute atomic E-state index is 12.5. The van der Waals surface area contributed by atoms with Gasteiger partial charge >= 0.3 is 5.97 Å². The topological polar surface area (TPSA) is 39.2 Å². The molecule has 3 nitrogen and oxygen atoms in total. The van der Waals surface area contributed by atoms with Gasteiger partial charge in [0.05, 0.1) is 11.4 Å². The second-order valence-corrected chi connectivity index (χ2v) is 9.01. The Hall–Kier alpha value is -1.61. The highest BCUT2D eigenvalue weighted by atomic mass is 35.5. The van der Waals surface area contributed by atoms with Crippen LogP contribution in [0.5, 0.6) is 0 Å². The Morgan fingerprint density at radius 3 is 2.54 bits per heavy atom. The van der Waals surface area contributed by atoms with Gasteiger partial charge in [-0.3, -0.25) is 4.79 Å². The minimum Gasteiger partial charge on any atom is -0.460 e. The lowest BCUT2D eigenvalue weighted by molar-refractivity contribution is -0.151. The standard InChI is InChI=1S/C22H28ClNO2/c1-14-5-6-16-12-17(20(23)24-19(16)11-14)13-26-21(25)15-7-9-18(10-8-15)22(2,3)4/h5-6,11-12,15,18H,7-10,13H2,1-4H3. The predicted octanol–water partition coefficient (Wildman–Crippen LogP) is 6.09. The van der Waals surface area contributed by atoms with Crippen molar-refractivity contribution in [3.05, 3.63) is 40.5 Å². The first kappa shape index (κ1) is 19.2. The van der Waals surface area contributed by atoms with Crippen LogP contribution < -0.4 is 0 Å². The summed E-state index contributed by atoms with van der Waals surface area (Å²) >= 11 is 6.29. The summed E-state index contributed by atoms with van der Waals surface area (Å²) in [5.41, 5.74) is 3.09. The molecule has 0 unspecified atom stereocenters. The van der Waals surface area contributed by atoms with Gasteiger partial charge in [-0.1, -0.05) is 44.5 Å². The van der Waals surface area contributed by atoms with E-state index in [0.29, 0.717) is 16.5 Å². The lowest BCUT2D eigenvalue weighted by Crippen LogP contribution is -2.29. The lowest BCUT2D eigenvalue weighted by atomic mass is 9.70. The van der Waals surface area contributed by atoms with E-state index in [0.717, 1.165) is 47.7 Å². The van der Waals surface area contributed by atoms with Crippen molar-refractivity contribution < 1.29 is 9.53 Å². The Balaban J connectivity index is 1.61. The number of hydrogen-bond donors (Lipinski definition) is 0. The zero-order chi connectivity index (χ0) is 18.9. The van der Waals surface area contributed by atoms with E-state index in [1.165, 1.54) is 0 Å². The van der Waals surface area contributed by atoms with Crippen LogP contribution in [0.4, 0.5) is 0 Å². The summed E-state index contributed by atoms with van der Waals surface area (Å²) in [5, 5.41) is 1.42. The molecule has 140 valence electrons. The molecule has 0 aliphatic heterocycles. The molecule has 1 aliphatic carbocycles. The average Bonchev–Trinajstić information content (AvgIpc) is 2.59. The van der Waals surface area contributed by atoms with Gasteiger partial charge in [-0.25, -0.2) is 4.98 Å². The maximum Gasteiger partial charge on any atom is 0.309 e. The highest BCUT2D eigenvalue weighted by Crippen LogP contribution is 2.40. The summed E-state index contributed by atoms with van der Waals surface area (Å²) < 4.78 is 5.58. The molecule has 0 spiro atoms. The molecule has 1 aliphatic rings. The number of esters is 1. The van der Waals surface area contributed by atoms with Crippen LogP contribution in [-0.4, -0.2) is 11.0 Å². The first-order valence-corrected chi connectivity index (χ1v) is 9.84. The highest BCUT2D eigenvalue weighted by Gasteiger charge is 2.33. The monoisotopic (exact) mass is 373 g/mol. The molecule has 1 heterocycles. The second-order valence-electron chi connectivity index (χ2n) is 8.66. The minimum atomic E-state index is -0.0996. The zero-order valence-corrected chi connectivity index (χ0v) is 16.9. The normalized spacial score (nSPS) is 21.0. The third kappa shape index (κ3) is 4.37. The summed E-state index contributed by atoms with van der Waals surface area (Å²) in [6, 6.07) is 8.03. The number of aryl methyl sites for hydroxylation is 1. The molecule has 1 saturated carbocycles. The van der Waals surface area contributed by atoms with E-state index in [-0.39, 0.29) is 18.5 Å². The molecule has 1 aromatic heterocycles. The van der Waals surface area contributed by atoms with Gasteiger partial charge in [0, 0.05) is 10.9 Å². The van der Waals surface area contributed by atoms with Gasteiger partial charge in [0.15, 0.2) is 0 Å². The van der Waals surface area contributed by atoms with Gasteiger partial charge in [0.2, 0.25) is 0 Å². The van der Waals surface area contributed by atoms with Gasteiger partial charge < -0.3 is 4.74 Å². The molecule has 0 atom stereocenters. The van der Waals surface area contributed by atoms with Gasteiger partial charge in [-0.05, 0) is 61.6 Å². The molecule has 0 bridgehead atoms. The first-order chi connectivity index (χ1) is 12.2. The molecule has 0 N–H and O–H groups in total. The van der Waals surface area contributed by atoms with Crippen molar-refractivity contribution in [1.29, 1.82) is 0 Å². The smallest absolute Gasteiger partial charge is 0.309 e. The number of pyridine rings is 1. The molecule has 1 fully saturated rings. The Kier molecular flexibility index (Phi) is 5.57. The average molecular weight is 374 g/mol. The molecule has 26 heavy (non-hydrogen) atoms. The van der Waals surface area contributed by atoms with Crippen molar-refractivity contribution in [1.82, 2.24) is 4.98 Å². The van der Waals surface area contributed by atoms with Crippen LogP contribution in [0, 0.1) is 24.2 Å². The van der Waals surface area contributed by atoms with E-state index in [1.54, 1.807) is 0 Å². The molecule has 1 aromatic carbocycles. The molecule has 0 radical (unpaired) electrons. The third-order valence-electron chi connectivity index (χ3n) is 5.65. The fourth-order valence-corrected chi connectivity index (χ4v) is 4.06. The van der Waals surface area contributed by atoms with Crippen LogP contribution in [0.15, 0.2) is 24.3 Å². The number of halogens is 1. The Bertz CT molecular complexity index is 802. The largest absolute Gasteiger partial charge is 0.460 e. The van der Waals surface area contributed by atoms with Crippen molar-refractivity contribution in [2.75, 3.05) is 0 Å². The molecule has 3 rings (SSSR count). The maximum atomic E-state index is 12.5. The number of rotatable bonds is 3. The van der Waals surface area contributed by atoms with Crippen LogP contribution in [0.2, 0.25) is 5.15 Å². The van der Waals surface area contributed by atoms with E-state index in [1.807, 2.05) is 31.2 Å². The summed E-state index contributed by atoms with van der Waals surface area (Å²) in [4.78, 5) is 16.9. The summed E-state index contributed by atoms with van der Waals surface area (Å²) in [6.07, 6.45) is 4.04. The van der Waals surface area contributed by atoms with Gasteiger partial charge in [-0.2, -0.15) is 0 Å². The van der Waals surface area contributed by atoms with E-state index < -0.39 is 0 Å². The third-order valence-corrected chi connectivity index (χ3v) is 5.98. The predicted molar refractivity (Wildman–Crippen MR) is 106 cm³/mol. The van der Waals surface area contributed by atoms with Crippen LogP contribution in [-0.2, 0) is 16.1 Å². The molecule has 0 amide bonds. The Morgan fingerprint density at radius 2 is 1.88 bits per heavy atom. The zero-order valence-electron chi connectivity index (χ0n) is 16.1. The van der Waals surface area contributed by atoms with Crippen molar-refractivity contribution in [2.24, 2.45) is 17.3 Å². The van der Waals surface area contributed by atoms with E-state index in [2.05, 4.69) is 25.8 Å². The summed E-state index contributed by atoms with van der Waals surface area (Å²) in [6.45, 7) is 9.07. The minimum absolute atomic E-state index is 0.0171. The SMILES string of the molecule is Cc1ccc2cc(COC(=O)C3CCC(C(C)(C)C)CC3)c(Cl)nc2c1. The van der Waals surface area contributed by atoms with Gasteiger partial charge in [0.1, 0.15) is 11.8 Å². The number of carbonyl (C=O) groups excluding carboxylic acids is 1. The van der Waals surface area contributed by atoms with Crippen molar-refractivity contribution >= 4 is 28.5 Å². The highest BCUT2D eigenvalue weighted by molar-refractivity contribution is 6.30. The van der Waals surface area contributed by atoms with Crippen LogP contribution in [0.3, 0.4) is 0 Å². The quantitative estimate of drug-likeness (QED) is 0.482.